The topological polar surface area (TPSA) is 35.5 Å². The number of fused-ring (bicyclic) bond motifs is 1. The second-order valence-electron chi connectivity index (χ2n) is 4.64. The Morgan fingerprint density at radius 3 is 2.82 bits per heavy atom. The van der Waals surface area contributed by atoms with Gasteiger partial charge in [-0.05, 0) is 49.9 Å². The first kappa shape index (κ1) is 12.0. The highest BCUT2D eigenvalue weighted by molar-refractivity contribution is 5.80. The average Bonchev–Trinajstić information content (AvgIpc) is 2.70. The quantitative estimate of drug-likeness (QED) is 0.754. The Morgan fingerprint density at radius 1 is 1.41 bits per heavy atom. The number of rotatable bonds is 3. The normalized spacial score (nSPS) is 18.0. The summed E-state index contributed by atoms with van der Waals surface area (Å²) in [6.45, 7) is 3.75. The van der Waals surface area contributed by atoms with Gasteiger partial charge in [-0.25, -0.2) is 0 Å². The summed E-state index contributed by atoms with van der Waals surface area (Å²) in [5, 5.41) is 0. The summed E-state index contributed by atoms with van der Waals surface area (Å²) in [4.78, 5) is 12.0. The average molecular weight is 234 g/mol. The Labute approximate surface area is 102 Å². The molecule has 0 aliphatic heterocycles. The van der Waals surface area contributed by atoms with Crippen LogP contribution in [-0.4, -0.2) is 19.2 Å². The maximum Gasteiger partial charge on any atom is 0.313 e. The van der Waals surface area contributed by atoms with Gasteiger partial charge in [-0.1, -0.05) is 6.07 Å². The second-order valence-corrected chi connectivity index (χ2v) is 4.64. The molecule has 3 nitrogen and oxygen atoms in total. The summed E-state index contributed by atoms with van der Waals surface area (Å²) < 4.78 is 10.5. The van der Waals surface area contributed by atoms with E-state index in [2.05, 4.69) is 0 Å². The van der Waals surface area contributed by atoms with Crippen molar-refractivity contribution in [3.63, 3.8) is 0 Å². The molecular formula is C14H18O3. The number of ether oxygens (including phenoxy) is 2. The van der Waals surface area contributed by atoms with Gasteiger partial charge in [0.05, 0.1) is 19.1 Å². The van der Waals surface area contributed by atoms with Crippen LogP contribution in [0.1, 0.15) is 37.3 Å². The summed E-state index contributed by atoms with van der Waals surface area (Å²) in [7, 11) is 1.64. The van der Waals surface area contributed by atoms with Crippen molar-refractivity contribution in [2.45, 2.75) is 38.7 Å². The molecule has 0 radical (unpaired) electrons. The van der Waals surface area contributed by atoms with Crippen LogP contribution in [0.15, 0.2) is 18.2 Å². The SMILES string of the molecule is COc1ccc2c(c1)C(C(=O)OC(C)C)CC2. The van der Waals surface area contributed by atoms with Gasteiger partial charge in [-0.2, -0.15) is 0 Å². The summed E-state index contributed by atoms with van der Waals surface area (Å²) in [5.41, 5.74) is 2.30. The third kappa shape index (κ3) is 2.43. The molecule has 1 aromatic carbocycles. The monoisotopic (exact) mass is 234 g/mol. The summed E-state index contributed by atoms with van der Waals surface area (Å²) in [5.74, 6) is 0.558. The van der Waals surface area contributed by atoms with E-state index in [4.69, 9.17) is 9.47 Å². The molecule has 0 fully saturated rings. The lowest BCUT2D eigenvalue weighted by atomic mass is 10.0. The highest BCUT2D eigenvalue weighted by Gasteiger charge is 2.30. The van der Waals surface area contributed by atoms with Crippen LogP contribution in [0.2, 0.25) is 0 Å². The Balaban J connectivity index is 2.23. The molecule has 1 aromatic rings. The van der Waals surface area contributed by atoms with E-state index in [1.807, 2.05) is 32.0 Å². The van der Waals surface area contributed by atoms with Gasteiger partial charge in [0.1, 0.15) is 5.75 Å². The lowest BCUT2D eigenvalue weighted by Crippen LogP contribution is -2.18. The van der Waals surface area contributed by atoms with E-state index >= 15 is 0 Å². The molecule has 92 valence electrons. The molecule has 0 aromatic heterocycles. The number of aryl methyl sites for hydroxylation is 1. The van der Waals surface area contributed by atoms with E-state index in [1.54, 1.807) is 7.11 Å². The molecule has 3 heteroatoms. The predicted molar refractivity (Wildman–Crippen MR) is 65.3 cm³/mol. The standard InChI is InChI=1S/C14H18O3/c1-9(2)17-14(15)12-7-5-10-4-6-11(16-3)8-13(10)12/h4,6,8-9,12H,5,7H2,1-3H3. The minimum atomic E-state index is -0.123. The van der Waals surface area contributed by atoms with Crippen molar-refractivity contribution in [2.75, 3.05) is 7.11 Å². The number of benzene rings is 1. The molecule has 0 heterocycles. The van der Waals surface area contributed by atoms with E-state index in [0.29, 0.717) is 0 Å². The van der Waals surface area contributed by atoms with Crippen LogP contribution in [0.4, 0.5) is 0 Å². The zero-order chi connectivity index (χ0) is 12.4. The van der Waals surface area contributed by atoms with Crippen molar-refractivity contribution in [3.8, 4) is 5.75 Å². The van der Waals surface area contributed by atoms with Gasteiger partial charge in [0, 0.05) is 0 Å². The third-order valence-corrected chi connectivity index (χ3v) is 3.07. The maximum atomic E-state index is 12.0. The molecule has 17 heavy (non-hydrogen) atoms. The molecule has 0 N–H and O–H groups in total. The summed E-state index contributed by atoms with van der Waals surface area (Å²) in [6.07, 6.45) is 1.72. The van der Waals surface area contributed by atoms with E-state index in [9.17, 15) is 4.79 Å². The highest BCUT2D eigenvalue weighted by atomic mass is 16.5. The minimum absolute atomic E-state index is 0.0582. The Morgan fingerprint density at radius 2 is 2.18 bits per heavy atom. The van der Waals surface area contributed by atoms with Crippen molar-refractivity contribution in [2.24, 2.45) is 0 Å². The third-order valence-electron chi connectivity index (χ3n) is 3.07. The van der Waals surface area contributed by atoms with Gasteiger partial charge in [0.2, 0.25) is 0 Å². The molecule has 0 saturated carbocycles. The Kier molecular flexibility index (Phi) is 3.36. The number of esters is 1. The number of carbonyl (C=O) groups is 1. The van der Waals surface area contributed by atoms with Crippen molar-refractivity contribution in [3.05, 3.63) is 29.3 Å². The number of hydrogen-bond acceptors (Lipinski definition) is 3. The van der Waals surface area contributed by atoms with Gasteiger partial charge in [-0.15, -0.1) is 0 Å². The zero-order valence-corrected chi connectivity index (χ0v) is 10.5. The molecule has 0 amide bonds. The minimum Gasteiger partial charge on any atom is -0.497 e. The first-order valence-electron chi connectivity index (χ1n) is 5.99. The maximum absolute atomic E-state index is 12.0. The van der Waals surface area contributed by atoms with Gasteiger partial charge >= 0.3 is 5.97 Å². The van der Waals surface area contributed by atoms with Crippen LogP contribution in [0.5, 0.6) is 5.75 Å². The molecule has 1 aliphatic carbocycles. The fourth-order valence-corrected chi connectivity index (χ4v) is 2.27. The van der Waals surface area contributed by atoms with Crippen molar-refractivity contribution < 1.29 is 14.3 Å². The van der Waals surface area contributed by atoms with Crippen LogP contribution in [0.25, 0.3) is 0 Å². The molecule has 0 saturated heterocycles. The summed E-state index contributed by atoms with van der Waals surface area (Å²) >= 11 is 0. The lowest BCUT2D eigenvalue weighted by molar-refractivity contribution is -0.149. The number of hydrogen-bond donors (Lipinski definition) is 0. The van der Waals surface area contributed by atoms with Gasteiger partial charge in [-0.3, -0.25) is 4.79 Å². The van der Waals surface area contributed by atoms with E-state index in [-0.39, 0.29) is 18.0 Å². The first-order valence-corrected chi connectivity index (χ1v) is 5.99. The second kappa shape index (κ2) is 4.78. The molecule has 1 aliphatic rings. The fraction of sp³-hybridized carbons (Fsp3) is 0.500. The molecule has 2 rings (SSSR count). The van der Waals surface area contributed by atoms with Crippen molar-refractivity contribution in [1.29, 1.82) is 0 Å². The van der Waals surface area contributed by atoms with Crippen LogP contribution >= 0.6 is 0 Å². The number of carbonyl (C=O) groups excluding carboxylic acids is 1. The molecule has 1 unspecified atom stereocenters. The Bertz CT molecular complexity index is 423. The largest absolute Gasteiger partial charge is 0.497 e. The van der Waals surface area contributed by atoms with Crippen molar-refractivity contribution in [1.82, 2.24) is 0 Å². The smallest absolute Gasteiger partial charge is 0.313 e. The highest BCUT2D eigenvalue weighted by Crippen LogP contribution is 2.36. The Hall–Kier alpha value is -1.51. The van der Waals surface area contributed by atoms with Gasteiger partial charge in [0.25, 0.3) is 0 Å². The summed E-state index contributed by atoms with van der Waals surface area (Å²) in [6, 6.07) is 5.93. The predicted octanol–water partition coefficient (Wildman–Crippen LogP) is 2.68. The zero-order valence-electron chi connectivity index (χ0n) is 10.5. The van der Waals surface area contributed by atoms with E-state index in [1.165, 1.54) is 5.56 Å². The first-order chi connectivity index (χ1) is 8.11. The molecular weight excluding hydrogens is 216 g/mol. The number of methoxy groups -OCH3 is 1. The van der Waals surface area contributed by atoms with Crippen LogP contribution < -0.4 is 4.74 Å². The van der Waals surface area contributed by atoms with E-state index in [0.717, 1.165) is 24.2 Å². The molecule has 1 atom stereocenters. The van der Waals surface area contributed by atoms with E-state index < -0.39 is 0 Å². The van der Waals surface area contributed by atoms with Gasteiger partial charge in [0.15, 0.2) is 0 Å². The molecule has 0 bridgehead atoms. The lowest BCUT2D eigenvalue weighted by Gasteiger charge is -2.14. The van der Waals surface area contributed by atoms with Crippen molar-refractivity contribution >= 4 is 5.97 Å². The van der Waals surface area contributed by atoms with Crippen LogP contribution in [0, 0.1) is 0 Å². The van der Waals surface area contributed by atoms with Gasteiger partial charge < -0.3 is 9.47 Å². The van der Waals surface area contributed by atoms with Crippen LogP contribution in [0.3, 0.4) is 0 Å². The van der Waals surface area contributed by atoms with Crippen LogP contribution in [-0.2, 0) is 16.0 Å². The molecule has 0 spiro atoms. The fourth-order valence-electron chi connectivity index (χ4n) is 2.27.